The third-order valence-electron chi connectivity index (χ3n) is 4.54. The number of amides is 2. The number of benzene rings is 2. The van der Waals surface area contributed by atoms with Crippen LogP contribution in [0.5, 0.6) is 0 Å². The molecule has 0 aliphatic heterocycles. The molecule has 0 radical (unpaired) electrons. The Hall–Kier alpha value is -3.81. The molecule has 2 aromatic carbocycles. The molecule has 32 heavy (non-hydrogen) atoms. The quantitative estimate of drug-likeness (QED) is 0.505. The Morgan fingerprint density at radius 2 is 1.81 bits per heavy atom. The summed E-state index contributed by atoms with van der Waals surface area (Å²) in [6.07, 6.45) is -0.485. The van der Waals surface area contributed by atoms with Crippen LogP contribution in [0.3, 0.4) is 0 Å². The van der Waals surface area contributed by atoms with Gasteiger partial charge < -0.3 is 25.1 Å². The predicted octanol–water partition coefficient (Wildman–Crippen LogP) is 4.60. The first kappa shape index (κ1) is 22.9. The number of aromatic nitrogens is 1. The standard InChI is InChI=1S/C24H27N3O5/c1-14(28)26-17-10-19(22(29)31-5)18-12-20(27-21(18)11-17)16-8-6-7-15(9-16)13-25-23(30)32-24(2,3)4/h6-12,27H,13H2,1-5H3,(H,25,30)(H,26,28). The van der Waals surface area contributed by atoms with Gasteiger partial charge in [-0.05, 0) is 56.2 Å². The number of hydrogen-bond acceptors (Lipinski definition) is 5. The molecule has 0 spiro atoms. The molecule has 168 valence electrons. The van der Waals surface area contributed by atoms with Crippen molar-refractivity contribution in [2.75, 3.05) is 12.4 Å². The number of anilines is 1. The zero-order chi connectivity index (χ0) is 23.5. The summed E-state index contributed by atoms with van der Waals surface area (Å²) in [7, 11) is 1.31. The van der Waals surface area contributed by atoms with Gasteiger partial charge in [-0.25, -0.2) is 9.59 Å². The summed E-state index contributed by atoms with van der Waals surface area (Å²) in [5.41, 5.74) is 3.51. The van der Waals surface area contributed by atoms with Crippen LogP contribution in [0, 0.1) is 0 Å². The molecule has 8 heteroatoms. The molecule has 3 N–H and O–H groups in total. The van der Waals surface area contributed by atoms with Crippen molar-refractivity contribution in [2.45, 2.75) is 39.8 Å². The van der Waals surface area contributed by atoms with Crippen LogP contribution in [-0.2, 0) is 20.8 Å². The van der Waals surface area contributed by atoms with Gasteiger partial charge >= 0.3 is 12.1 Å². The molecule has 2 amide bonds. The van der Waals surface area contributed by atoms with Gasteiger partial charge in [-0.15, -0.1) is 0 Å². The highest BCUT2D eigenvalue weighted by Gasteiger charge is 2.17. The summed E-state index contributed by atoms with van der Waals surface area (Å²) < 4.78 is 10.2. The molecule has 3 aromatic rings. The van der Waals surface area contributed by atoms with E-state index in [4.69, 9.17) is 9.47 Å². The SMILES string of the molecule is COC(=O)c1cc(NC(C)=O)cc2[nH]c(-c3cccc(CNC(=O)OC(C)(C)C)c3)cc12. The van der Waals surface area contributed by atoms with E-state index in [1.54, 1.807) is 12.1 Å². The minimum absolute atomic E-state index is 0.239. The second kappa shape index (κ2) is 9.13. The monoisotopic (exact) mass is 437 g/mol. The maximum atomic E-state index is 12.3. The average Bonchev–Trinajstić information content (AvgIpc) is 3.14. The van der Waals surface area contributed by atoms with Crippen LogP contribution in [0.2, 0.25) is 0 Å². The summed E-state index contributed by atoms with van der Waals surface area (Å²) in [4.78, 5) is 39.0. The highest BCUT2D eigenvalue weighted by atomic mass is 16.6. The van der Waals surface area contributed by atoms with E-state index in [0.717, 1.165) is 16.8 Å². The molecular formula is C24H27N3O5. The minimum atomic E-state index is -0.566. The first-order valence-corrected chi connectivity index (χ1v) is 10.1. The van der Waals surface area contributed by atoms with E-state index in [1.165, 1.54) is 14.0 Å². The number of rotatable bonds is 5. The fraction of sp³-hybridized carbons (Fsp3) is 0.292. The van der Waals surface area contributed by atoms with Gasteiger partial charge in [-0.1, -0.05) is 18.2 Å². The van der Waals surface area contributed by atoms with Gasteiger partial charge in [0.15, 0.2) is 0 Å². The summed E-state index contributed by atoms with van der Waals surface area (Å²) in [5.74, 6) is -0.736. The van der Waals surface area contributed by atoms with Crippen molar-refractivity contribution in [3.8, 4) is 11.3 Å². The second-order valence-corrected chi connectivity index (χ2v) is 8.40. The van der Waals surface area contributed by atoms with Gasteiger partial charge in [0.1, 0.15) is 5.60 Å². The zero-order valence-corrected chi connectivity index (χ0v) is 18.8. The van der Waals surface area contributed by atoms with E-state index < -0.39 is 17.7 Å². The number of alkyl carbamates (subject to hydrolysis) is 1. The highest BCUT2D eigenvalue weighted by molar-refractivity contribution is 6.07. The summed E-state index contributed by atoms with van der Waals surface area (Å²) in [6.45, 7) is 7.14. The van der Waals surface area contributed by atoms with E-state index in [2.05, 4.69) is 15.6 Å². The van der Waals surface area contributed by atoms with Crippen LogP contribution in [0.25, 0.3) is 22.2 Å². The van der Waals surface area contributed by atoms with Crippen molar-refractivity contribution in [1.82, 2.24) is 10.3 Å². The van der Waals surface area contributed by atoms with Crippen molar-refractivity contribution in [1.29, 1.82) is 0 Å². The molecule has 0 aliphatic rings. The Balaban J connectivity index is 1.91. The molecule has 0 saturated carbocycles. The van der Waals surface area contributed by atoms with E-state index >= 15 is 0 Å². The lowest BCUT2D eigenvalue weighted by atomic mass is 10.1. The summed E-state index contributed by atoms with van der Waals surface area (Å²) >= 11 is 0. The fourth-order valence-corrected chi connectivity index (χ4v) is 3.28. The van der Waals surface area contributed by atoms with E-state index in [9.17, 15) is 14.4 Å². The van der Waals surface area contributed by atoms with Gasteiger partial charge in [0, 0.05) is 35.8 Å². The van der Waals surface area contributed by atoms with Crippen molar-refractivity contribution in [3.63, 3.8) is 0 Å². The Morgan fingerprint density at radius 1 is 1.06 bits per heavy atom. The Kier molecular flexibility index (Phi) is 6.53. The fourth-order valence-electron chi connectivity index (χ4n) is 3.28. The maximum absolute atomic E-state index is 12.3. The van der Waals surface area contributed by atoms with Crippen molar-refractivity contribution in [3.05, 3.63) is 53.6 Å². The first-order valence-electron chi connectivity index (χ1n) is 10.1. The molecule has 1 aromatic heterocycles. The van der Waals surface area contributed by atoms with Crippen LogP contribution in [0.4, 0.5) is 10.5 Å². The summed E-state index contributed by atoms with van der Waals surface area (Å²) in [6, 6.07) is 12.9. The molecule has 0 bridgehead atoms. The van der Waals surface area contributed by atoms with Crippen LogP contribution < -0.4 is 10.6 Å². The number of carbonyl (C=O) groups is 3. The Labute approximate surface area is 186 Å². The third-order valence-corrected chi connectivity index (χ3v) is 4.54. The van der Waals surface area contributed by atoms with Crippen molar-refractivity contribution >= 4 is 34.6 Å². The number of H-pyrrole nitrogens is 1. The molecule has 1 heterocycles. The highest BCUT2D eigenvalue weighted by Crippen LogP contribution is 2.30. The minimum Gasteiger partial charge on any atom is -0.465 e. The van der Waals surface area contributed by atoms with Crippen LogP contribution in [-0.4, -0.2) is 35.7 Å². The first-order chi connectivity index (χ1) is 15.1. The molecule has 3 rings (SSSR count). The third kappa shape index (κ3) is 5.66. The van der Waals surface area contributed by atoms with Crippen LogP contribution >= 0.6 is 0 Å². The zero-order valence-electron chi connectivity index (χ0n) is 18.8. The van der Waals surface area contributed by atoms with Gasteiger partial charge in [0.2, 0.25) is 5.91 Å². The van der Waals surface area contributed by atoms with E-state index in [1.807, 2.05) is 51.1 Å². The molecular weight excluding hydrogens is 410 g/mol. The topological polar surface area (TPSA) is 110 Å². The number of aromatic amines is 1. The smallest absolute Gasteiger partial charge is 0.407 e. The number of carbonyl (C=O) groups excluding carboxylic acids is 3. The molecule has 8 nitrogen and oxygen atoms in total. The number of hydrogen-bond donors (Lipinski definition) is 3. The van der Waals surface area contributed by atoms with E-state index in [-0.39, 0.29) is 5.91 Å². The summed E-state index contributed by atoms with van der Waals surface area (Å²) in [5, 5.41) is 6.12. The van der Waals surface area contributed by atoms with Gasteiger partial charge in [-0.2, -0.15) is 0 Å². The van der Waals surface area contributed by atoms with Crippen LogP contribution in [0.15, 0.2) is 42.5 Å². The Bertz CT molecular complexity index is 1170. The lowest BCUT2D eigenvalue weighted by molar-refractivity contribution is -0.114. The lowest BCUT2D eigenvalue weighted by Crippen LogP contribution is -2.32. The molecule has 0 aliphatic carbocycles. The van der Waals surface area contributed by atoms with Crippen molar-refractivity contribution in [2.24, 2.45) is 0 Å². The van der Waals surface area contributed by atoms with Gasteiger partial charge in [-0.3, -0.25) is 4.79 Å². The predicted molar refractivity (Wildman–Crippen MR) is 122 cm³/mol. The largest absolute Gasteiger partial charge is 0.465 e. The second-order valence-electron chi connectivity index (χ2n) is 8.40. The van der Waals surface area contributed by atoms with Crippen molar-refractivity contribution < 1.29 is 23.9 Å². The maximum Gasteiger partial charge on any atom is 0.407 e. The van der Waals surface area contributed by atoms with Gasteiger partial charge in [0.05, 0.1) is 12.7 Å². The number of fused-ring (bicyclic) bond motifs is 1. The molecule has 0 unspecified atom stereocenters. The molecule has 0 fully saturated rings. The number of nitrogens with one attached hydrogen (secondary N) is 3. The van der Waals surface area contributed by atoms with E-state index in [0.29, 0.717) is 28.7 Å². The number of ether oxygens (including phenoxy) is 2. The van der Waals surface area contributed by atoms with Crippen LogP contribution in [0.1, 0.15) is 43.6 Å². The number of methoxy groups -OCH3 is 1. The molecule has 0 atom stereocenters. The molecule has 0 saturated heterocycles. The lowest BCUT2D eigenvalue weighted by Gasteiger charge is -2.19. The number of esters is 1. The Morgan fingerprint density at radius 3 is 2.47 bits per heavy atom. The average molecular weight is 437 g/mol. The van der Waals surface area contributed by atoms with Gasteiger partial charge in [0.25, 0.3) is 0 Å². The normalized spacial score (nSPS) is 11.2.